The van der Waals surface area contributed by atoms with Crippen molar-refractivity contribution in [1.29, 1.82) is 0 Å². The van der Waals surface area contributed by atoms with Crippen molar-refractivity contribution in [3.8, 4) is 11.5 Å². The minimum absolute atomic E-state index is 0.233. The van der Waals surface area contributed by atoms with Crippen molar-refractivity contribution >= 4 is 11.6 Å². The largest absolute Gasteiger partial charge is 0.493 e. The average Bonchev–Trinajstić information content (AvgIpc) is 2.68. The molecule has 1 saturated heterocycles. The molecule has 2 aromatic carbocycles. The number of carbonyl (C=O) groups excluding carboxylic acids is 1. The molecule has 25 heavy (non-hydrogen) atoms. The van der Waals surface area contributed by atoms with Crippen molar-refractivity contribution in [3.63, 3.8) is 0 Å². The van der Waals surface area contributed by atoms with Gasteiger partial charge in [-0.3, -0.25) is 4.79 Å². The summed E-state index contributed by atoms with van der Waals surface area (Å²) in [5, 5.41) is 2.88. The number of hydrogen-bond acceptors (Lipinski definition) is 5. The molecule has 1 amide bonds. The van der Waals surface area contributed by atoms with Crippen LogP contribution in [0, 0.1) is 0 Å². The molecule has 0 saturated carbocycles. The fourth-order valence-corrected chi connectivity index (χ4v) is 2.62. The highest BCUT2D eigenvalue weighted by Crippen LogP contribution is 2.28. The van der Waals surface area contributed by atoms with Gasteiger partial charge in [0.25, 0.3) is 5.91 Å². The van der Waals surface area contributed by atoms with Crippen molar-refractivity contribution in [2.24, 2.45) is 0 Å². The van der Waals surface area contributed by atoms with Gasteiger partial charge in [0.2, 0.25) is 0 Å². The number of nitrogens with one attached hydrogen (secondary N) is 1. The minimum Gasteiger partial charge on any atom is -0.493 e. The molecule has 1 aliphatic heterocycles. The lowest BCUT2D eigenvalue weighted by atomic mass is 10.1. The normalized spacial score (nSPS) is 14.8. The van der Waals surface area contributed by atoms with E-state index < -0.39 is 0 Å². The highest BCUT2D eigenvalue weighted by atomic mass is 16.7. The predicted octanol–water partition coefficient (Wildman–Crippen LogP) is 3.39. The lowest BCUT2D eigenvalue weighted by Gasteiger charge is -2.23. The fraction of sp³-hybridized carbons (Fsp3) is 0.316. The molecule has 0 bridgehead atoms. The van der Waals surface area contributed by atoms with E-state index in [1.54, 1.807) is 25.3 Å². The van der Waals surface area contributed by atoms with Gasteiger partial charge in [0, 0.05) is 16.8 Å². The van der Waals surface area contributed by atoms with Gasteiger partial charge in [-0.05, 0) is 36.8 Å². The van der Waals surface area contributed by atoms with E-state index in [9.17, 15) is 4.79 Å². The minimum atomic E-state index is -0.383. The molecular formula is C19H21NO5. The second-order valence-corrected chi connectivity index (χ2v) is 5.58. The lowest BCUT2D eigenvalue weighted by molar-refractivity contribution is -0.183. The molecule has 0 unspecified atom stereocenters. The molecule has 0 atom stereocenters. The summed E-state index contributed by atoms with van der Waals surface area (Å²) in [5.74, 6) is 0.851. The van der Waals surface area contributed by atoms with E-state index in [0.29, 0.717) is 36.0 Å². The van der Waals surface area contributed by atoms with E-state index in [1.165, 1.54) is 7.11 Å². The van der Waals surface area contributed by atoms with E-state index in [2.05, 4.69) is 5.32 Å². The third-order valence-corrected chi connectivity index (χ3v) is 3.89. The molecule has 6 nitrogen and oxygen atoms in total. The zero-order chi connectivity index (χ0) is 17.6. The van der Waals surface area contributed by atoms with Crippen LogP contribution in [0.15, 0.2) is 42.5 Å². The van der Waals surface area contributed by atoms with Crippen LogP contribution in [0.2, 0.25) is 0 Å². The van der Waals surface area contributed by atoms with Crippen molar-refractivity contribution in [2.45, 2.75) is 12.7 Å². The number of methoxy groups -OCH3 is 2. The first-order chi connectivity index (χ1) is 12.2. The third-order valence-electron chi connectivity index (χ3n) is 3.89. The van der Waals surface area contributed by atoms with Crippen LogP contribution in [0.3, 0.4) is 0 Å². The summed E-state index contributed by atoms with van der Waals surface area (Å²) in [4.78, 5) is 12.5. The zero-order valence-electron chi connectivity index (χ0n) is 14.3. The van der Waals surface area contributed by atoms with Gasteiger partial charge in [0.15, 0.2) is 17.8 Å². The smallest absolute Gasteiger partial charge is 0.255 e. The Morgan fingerprint density at radius 1 is 1.04 bits per heavy atom. The van der Waals surface area contributed by atoms with Gasteiger partial charge in [0.05, 0.1) is 27.4 Å². The van der Waals surface area contributed by atoms with Crippen LogP contribution >= 0.6 is 0 Å². The molecule has 2 aromatic rings. The van der Waals surface area contributed by atoms with E-state index in [-0.39, 0.29) is 12.2 Å². The number of anilines is 1. The van der Waals surface area contributed by atoms with Crippen molar-refractivity contribution in [3.05, 3.63) is 53.6 Å². The van der Waals surface area contributed by atoms with Gasteiger partial charge >= 0.3 is 0 Å². The Morgan fingerprint density at radius 3 is 2.52 bits per heavy atom. The van der Waals surface area contributed by atoms with Crippen LogP contribution in [0.5, 0.6) is 11.5 Å². The highest BCUT2D eigenvalue weighted by Gasteiger charge is 2.17. The summed E-state index contributed by atoms with van der Waals surface area (Å²) in [6, 6.07) is 12.5. The Balaban J connectivity index is 1.74. The highest BCUT2D eigenvalue weighted by molar-refractivity contribution is 6.04. The summed E-state index contributed by atoms with van der Waals surface area (Å²) in [6.07, 6.45) is 0.512. The van der Waals surface area contributed by atoms with Gasteiger partial charge in [0.1, 0.15) is 0 Å². The molecule has 0 aliphatic carbocycles. The predicted molar refractivity (Wildman–Crippen MR) is 93.2 cm³/mol. The molecule has 0 radical (unpaired) electrons. The summed E-state index contributed by atoms with van der Waals surface area (Å²) in [7, 11) is 3.09. The lowest BCUT2D eigenvalue weighted by Crippen LogP contribution is -2.18. The molecule has 1 aliphatic rings. The van der Waals surface area contributed by atoms with Gasteiger partial charge in [-0.2, -0.15) is 0 Å². The molecule has 1 fully saturated rings. The maximum atomic E-state index is 12.5. The third kappa shape index (κ3) is 4.10. The van der Waals surface area contributed by atoms with Crippen LogP contribution in [0.4, 0.5) is 5.69 Å². The molecule has 6 heteroatoms. The number of amides is 1. The first-order valence-corrected chi connectivity index (χ1v) is 8.08. The summed E-state index contributed by atoms with van der Waals surface area (Å²) in [5.41, 5.74) is 2.04. The van der Waals surface area contributed by atoms with Gasteiger partial charge in [-0.1, -0.05) is 12.1 Å². The maximum absolute atomic E-state index is 12.5. The van der Waals surface area contributed by atoms with Crippen molar-refractivity contribution in [2.75, 3.05) is 32.8 Å². The van der Waals surface area contributed by atoms with Gasteiger partial charge < -0.3 is 24.3 Å². The molecule has 0 aromatic heterocycles. The van der Waals surface area contributed by atoms with Crippen LogP contribution in [-0.2, 0) is 9.47 Å². The Kier molecular flexibility index (Phi) is 5.53. The number of rotatable bonds is 5. The first-order valence-electron chi connectivity index (χ1n) is 8.08. The Labute approximate surface area is 146 Å². The standard InChI is InChI=1S/C19H21NO5/c1-22-16-8-7-13(12-17(16)23-2)18(21)20-15-6-3-5-14(11-15)19-24-9-4-10-25-19/h3,5-8,11-12,19H,4,9-10H2,1-2H3,(H,20,21). The van der Waals surface area contributed by atoms with E-state index >= 15 is 0 Å². The first kappa shape index (κ1) is 17.3. The monoisotopic (exact) mass is 343 g/mol. The summed E-state index contributed by atoms with van der Waals surface area (Å²) in [6.45, 7) is 1.35. The molecule has 132 valence electrons. The quantitative estimate of drug-likeness (QED) is 0.901. The molecule has 0 spiro atoms. The van der Waals surface area contributed by atoms with Crippen LogP contribution in [-0.4, -0.2) is 33.3 Å². The Hall–Kier alpha value is -2.57. The number of ether oxygens (including phenoxy) is 4. The Morgan fingerprint density at radius 2 is 1.80 bits per heavy atom. The SMILES string of the molecule is COc1ccc(C(=O)Nc2cccc(C3OCCCO3)c2)cc1OC. The number of carbonyl (C=O) groups is 1. The summed E-state index contributed by atoms with van der Waals surface area (Å²) >= 11 is 0. The topological polar surface area (TPSA) is 66.0 Å². The number of benzene rings is 2. The second kappa shape index (κ2) is 8.00. The molecule has 1 heterocycles. The van der Waals surface area contributed by atoms with Crippen molar-refractivity contribution < 1.29 is 23.7 Å². The van der Waals surface area contributed by atoms with Gasteiger partial charge in [-0.25, -0.2) is 0 Å². The molecular weight excluding hydrogens is 322 g/mol. The van der Waals surface area contributed by atoms with Gasteiger partial charge in [-0.15, -0.1) is 0 Å². The molecule has 3 rings (SSSR count). The molecule has 1 N–H and O–H groups in total. The number of hydrogen-bond donors (Lipinski definition) is 1. The van der Waals surface area contributed by atoms with Crippen molar-refractivity contribution in [1.82, 2.24) is 0 Å². The van der Waals surface area contributed by atoms with Crippen LogP contribution in [0.25, 0.3) is 0 Å². The van der Waals surface area contributed by atoms with E-state index in [0.717, 1.165) is 12.0 Å². The van der Waals surface area contributed by atoms with E-state index in [1.807, 2.05) is 24.3 Å². The second-order valence-electron chi connectivity index (χ2n) is 5.58. The Bertz CT molecular complexity index is 740. The van der Waals surface area contributed by atoms with E-state index in [4.69, 9.17) is 18.9 Å². The fourth-order valence-electron chi connectivity index (χ4n) is 2.62. The zero-order valence-corrected chi connectivity index (χ0v) is 14.3. The van der Waals surface area contributed by atoms with Crippen LogP contribution in [0.1, 0.15) is 28.6 Å². The maximum Gasteiger partial charge on any atom is 0.255 e. The van der Waals surface area contributed by atoms with Crippen LogP contribution < -0.4 is 14.8 Å². The average molecular weight is 343 g/mol. The summed E-state index contributed by atoms with van der Waals surface area (Å²) < 4.78 is 21.6.